The Labute approximate surface area is 98.2 Å². The molecule has 3 fully saturated rings. The van der Waals surface area contributed by atoms with Crippen LogP contribution in [-0.4, -0.2) is 47.8 Å². The van der Waals surface area contributed by atoms with E-state index in [1.807, 2.05) is 0 Å². The number of hydrogen-bond acceptors (Lipinski definition) is 3. The van der Waals surface area contributed by atoms with E-state index >= 15 is 0 Å². The molecule has 0 radical (unpaired) electrons. The maximum absolute atomic E-state index is 9.83. The van der Waals surface area contributed by atoms with Crippen molar-refractivity contribution in [2.24, 2.45) is 5.92 Å². The molecule has 92 valence electrons. The normalized spacial score (nSPS) is 29.4. The van der Waals surface area contributed by atoms with Gasteiger partial charge in [0.25, 0.3) is 0 Å². The minimum absolute atomic E-state index is 0.0124. The Balaban J connectivity index is 1.65. The highest BCUT2D eigenvalue weighted by Gasteiger charge is 2.48. The van der Waals surface area contributed by atoms with Crippen molar-refractivity contribution in [3.05, 3.63) is 0 Å². The zero-order valence-corrected chi connectivity index (χ0v) is 10.3. The zero-order chi connectivity index (χ0) is 11.2. The van der Waals surface area contributed by atoms with Gasteiger partial charge in [0.1, 0.15) is 0 Å². The molecule has 0 heterocycles. The summed E-state index contributed by atoms with van der Waals surface area (Å²) in [6.45, 7) is 1.35. The van der Waals surface area contributed by atoms with Gasteiger partial charge in [0.2, 0.25) is 0 Å². The highest BCUT2D eigenvalue weighted by Crippen LogP contribution is 2.42. The molecule has 2 N–H and O–H groups in total. The van der Waals surface area contributed by atoms with E-state index in [0.717, 1.165) is 18.5 Å². The molecule has 0 saturated heterocycles. The van der Waals surface area contributed by atoms with Gasteiger partial charge in [-0.05, 0) is 51.5 Å². The SMILES string of the molecule is CN(CC(CO)(NC1CC1)C1CC1)C1CC1. The first-order valence-corrected chi connectivity index (χ1v) is 6.82. The van der Waals surface area contributed by atoms with Gasteiger partial charge in [0, 0.05) is 18.6 Å². The van der Waals surface area contributed by atoms with Crippen LogP contribution in [0.3, 0.4) is 0 Å². The summed E-state index contributed by atoms with van der Waals surface area (Å²) in [5.41, 5.74) is 0.0124. The van der Waals surface area contributed by atoms with Crippen LogP contribution in [0.5, 0.6) is 0 Å². The van der Waals surface area contributed by atoms with Gasteiger partial charge in [-0.2, -0.15) is 0 Å². The van der Waals surface area contributed by atoms with Gasteiger partial charge in [-0.15, -0.1) is 0 Å². The molecule has 0 amide bonds. The zero-order valence-electron chi connectivity index (χ0n) is 10.3. The minimum atomic E-state index is 0.0124. The number of nitrogens with one attached hydrogen (secondary N) is 1. The minimum Gasteiger partial charge on any atom is -0.394 e. The fraction of sp³-hybridized carbons (Fsp3) is 1.00. The molecule has 3 aliphatic rings. The van der Waals surface area contributed by atoms with E-state index in [1.165, 1.54) is 38.5 Å². The molecule has 1 atom stereocenters. The Hall–Kier alpha value is -0.120. The number of hydrogen-bond donors (Lipinski definition) is 2. The third-order valence-electron chi connectivity index (χ3n) is 4.41. The van der Waals surface area contributed by atoms with Crippen LogP contribution >= 0.6 is 0 Å². The molecule has 0 bridgehead atoms. The molecule has 3 aliphatic carbocycles. The molecular weight excluding hydrogens is 200 g/mol. The first kappa shape index (κ1) is 11.0. The van der Waals surface area contributed by atoms with Crippen molar-refractivity contribution in [1.29, 1.82) is 0 Å². The summed E-state index contributed by atoms with van der Waals surface area (Å²) < 4.78 is 0. The number of aliphatic hydroxyl groups is 1. The van der Waals surface area contributed by atoms with E-state index in [9.17, 15) is 5.11 Å². The maximum atomic E-state index is 9.83. The Kier molecular flexibility index (Phi) is 2.73. The van der Waals surface area contributed by atoms with E-state index in [4.69, 9.17) is 0 Å². The largest absolute Gasteiger partial charge is 0.394 e. The molecule has 3 nitrogen and oxygen atoms in total. The van der Waals surface area contributed by atoms with Crippen LogP contribution in [0.2, 0.25) is 0 Å². The van der Waals surface area contributed by atoms with Crippen molar-refractivity contribution in [2.45, 2.75) is 56.1 Å². The fourth-order valence-corrected chi connectivity index (χ4v) is 2.88. The van der Waals surface area contributed by atoms with Crippen LogP contribution in [0.1, 0.15) is 38.5 Å². The molecular formula is C13H24N2O. The van der Waals surface area contributed by atoms with Crippen LogP contribution in [0.15, 0.2) is 0 Å². The van der Waals surface area contributed by atoms with Gasteiger partial charge in [0.05, 0.1) is 12.1 Å². The smallest absolute Gasteiger partial charge is 0.0628 e. The lowest BCUT2D eigenvalue weighted by Gasteiger charge is -2.37. The molecule has 3 rings (SSSR count). The molecule has 0 aromatic rings. The van der Waals surface area contributed by atoms with Crippen LogP contribution in [0, 0.1) is 5.92 Å². The Morgan fingerprint density at radius 3 is 2.31 bits per heavy atom. The first-order chi connectivity index (χ1) is 7.73. The summed E-state index contributed by atoms with van der Waals surface area (Å²) in [6.07, 6.45) is 7.93. The summed E-state index contributed by atoms with van der Waals surface area (Å²) in [5, 5.41) is 13.6. The number of likely N-dealkylation sites (N-methyl/N-ethyl adjacent to an activating group) is 1. The standard InChI is InChI=1S/C13H24N2O/c1-15(12-6-7-12)8-13(9-16,10-2-3-10)14-11-4-5-11/h10-12,14,16H,2-9H2,1H3. The van der Waals surface area contributed by atoms with E-state index in [-0.39, 0.29) is 5.54 Å². The van der Waals surface area contributed by atoms with Gasteiger partial charge in [-0.1, -0.05) is 0 Å². The molecule has 3 heteroatoms. The first-order valence-electron chi connectivity index (χ1n) is 6.82. The van der Waals surface area contributed by atoms with Crippen molar-refractivity contribution in [3.63, 3.8) is 0 Å². The van der Waals surface area contributed by atoms with Gasteiger partial charge in [-0.25, -0.2) is 0 Å². The van der Waals surface area contributed by atoms with Crippen LogP contribution in [-0.2, 0) is 0 Å². The second kappa shape index (κ2) is 3.97. The Morgan fingerprint density at radius 2 is 1.88 bits per heavy atom. The van der Waals surface area contributed by atoms with Crippen LogP contribution < -0.4 is 5.32 Å². The van der Waals surface area contributed by atoms with Gasteiger partial charge >= 0.3 is 0 Å². The van der Waals surface area contributed by atoms with Gasteiger partial charge < -0.3 is 15.3 Å². The van der Waals surface area contributed by atoms with E-state index < -0.39 is 0 Å². The van der Waals surface area contributed by atoms with Crippen molar-refractivity contribution in [3.8, 4) is 0 Å². The van der Waals surface area contributed by atoms with E-state index in [2.05, 4.69) is 17.3 Å². The quantitative estimate of drug-likeness (QED) is 0.676. The summed E-state index contributed by atoms with van der Waals surface area (Å²) in [5.74, 6) is 0.722. The lowest BCUT2D eigenvalue weighted by molar-refractivity contribution is 0.0962. The van der Waals surface area contributed by atoms with Crippen LogP contribution in [0.4, 0.5) is 0 Å². The fourth-order valence-electron chi connectivity index (χ4n) is 2.88. The molecule has 0 aromatic heterocycles. The summed E-state index contributed by atoms with van der Waals surface area (Å²) in [7, 11) is 2.22. The van der Waals surface area contributed by atoms with Crippen molar-refractivity contribution in [2.75, 3.05) is 20.2 Å². The second-order valence-electron chi connectivity index (χ2n) is 6.15. The van der Waals surface area contributed by atoms with Crippen LogP contribution in [0.25, 0.3) is 0 Å². The maximum Gasteiger partial charge on any atom is 0.0628 e. The molecule has 0 spiro atoms. The molecule has 3 saturated carbocycles. The number of rotatable bonds is 7. The molecule has 16 heavy (non-hydrogen) atoms. The molecule has 0 aromatic carbocycles. The lowest BCUT2D eigenvalue weighted by atomic mass is 9.93. The highest BCUT2D eigenvalue weighted by atomic mass is 16.3. The number of aliphatic hydroxyl groups excluding tert-OH is 1. The van der Waals surface area contributed by atoms with E-state index in [1.54, 1.807) is 0 Å². The van der Waals surface area contributed by atoms with Crippen molar-refractivity contribution < 1.29 is 5.11 Å². The summed E-state index contributed by atoms with van der Waals surface area (Å²) in [4.78, 5) is 2.46. The summed E-state index contributed by atoms with van der Waals surface area (Å²) in [6, 6.07) is 1.49. The Bertz CT molecular complexity index is 259. The van der Waals surface area contributed by atoms with Gasteiger partial charge in [-0.3, -0.25) is 0 Å². The average molecular weight is 224 g/mol. The average Bonchev–Trinajstić information content (AvgIpc) is 3.16. The highest BCUT2D eigenvalue weighted by molar-refractivity contribution is 5.06. The summed E-state index contributed by atoms with van der Waals surface area (Å²) >= 11 is 0. The molecule has 0 aliphatic heterocycles. The third-order valence-corrected chi connectivity index (χ3v) is 4.41. The Morgan fingerprint density at radius 1 is 1.19 bits per heavy atom. The van der Waals surface area contributed by atoms with Crippen molar-refractivity contribution in [1.82, 2.24) is 10.2 Å². The lowest BCUT2D eigenvalue weighted by Crippen LogP contribution is -2.58. The third kappa shape index (κ3) is 2.27. The van der Waals surface area contributed by atoms with Crippen molar-refractivity contribution >= 4 is 0 Å². The second-order valence-corrected chi connectivity index (χ2v) is 6.15. The number of nitrogens with zero attached hydrogens (tertiary/aromatic N) is 1. The predicted octanol–water partition coefficient (Wildman–Crippen LogP) is 0.974. The molecule has 1 unspecified atom stereocenters. The van der Waals surface area contributed by atoms with Gasteiger partial charge in [0.15, 0.2) is 0 Å². The topological polar surface area (TPSA) is 35.5 Å². The van der Waals surface area contributed by atoms with E-state index in [0.29, 0.717) is 12.6 Å². The monoisotopic (exact) mass is 224 g/mol. The predicted molar refractivity (Wildman–Crippen MR) is 64.4 cm³/mol.